The van der Waals surface area contributed by atoms with E-state index in [2.05, 4.69) is 18.3 Å². The molecular weight excluding hydrogens is 274 g/mol. The molecule has 1 heterocycles. The minimum Gasteiger partial charge on any atom is -0.461 e. The fourth-order valence-corrected chi connectivity index (χ4v) is 3.28. The van der Waals surface area contributed by atoms with E-state index in [0.717, 1.165) is 49.1 Å². The van der Waals surface area contributed by atoms with Gasteiger partial charge in [-0.2, -0.15) is 0 Å². The standard InChI is InChI=1S/C19H25NO2/c1-2-3-5-10-19(21)20-14-11-12-18-16(13-14)15-8-6-4-7-9-17(15)22-18/h11-13H,2-10H2,1H3,(H,20,21). The van der Waals surface area contributed by atoms with E-state index in [-0.39, 0.29) is 5.91 Å². The molecule has 0 fully saturated rings. The summed E-state index contributed by atoms with van der Waals surface area (Å²) in [6, 6.07) is 6.02. The van der Waals surface area contributed by atoms with Crippen LogP contribution in [0.4, 0.5) is 5.69 Å². The van der Waals surface area contributed by atoms with E-state index in [4.69, 9.17) is 4.42 Å². The summed E-state index contributed by atoms with van der Waals surface area (Å²) in [5.74, 6) is 1.27. The number of anilines is 1. The number of hydrogen-bond acceptors (Lipinski definition) is 2. The normalized spacial score (nSPS) is 14.6. The Labute approximate surface area is 132 Å². The van der Waals surface area contributed by atoms with Crippen LogP contribution in [0, 0.1) is 0 Å². The zero-order valence-electron chi connectivity index (χ0n) is 13.4. The van der Waals surface area contributed by atoms with Crippen LogP contribution >= 0.6 is 0 Å². The number of carbonyl (C=O) groups is 1. The van der Waals surface area contributed by atoms with E-state index in [1.807, 2.05) is 12.1 Å². The lowest BCUT2D eigenvalue weighted by Gasteiger charge is -2.05. The van der Waals surface area contributed by atoms with E-state index in [0.29, 0.717) is 6.42 Å². The van der Waals surface area contributed by atoms with Crippen molar-refractivity contribution < 1.29 is 9.21 Å². The maximum absolute atomic E-state index is 12.0. The summed E-state index contributed by atoms with van der Waals surface area (Å²) in [4.78, 5) is 12.0. The molecule has 0 atom stereocenters. The van der Waals surface area contributed by atoms with Gasteiger partial charge in [-0.15, -0.1) is 0 Å². The maximum Gasteiger partial charge on any atom is 0.224 e. The first-order valence-electron chi connectivity index (χ1n) is 8.62. The van der Waals surface area contributed by atoms with E-state index in [9.17, 15) is 4.79 Å². The van der Waals surface area contributed by atoms with E-state index in [1.165, 1.54) is 30.2 Å². The quantitative estimate of drug-likeness (QED) is 0.607. The number of rotatable bonds is 5. The monoisotopic (exact) mass is 299 g/mol. The molecule has 118 valence electrons. The molecular formula is C19H25NO2. The molecule has 1 aliphatic carbocycles. The number of fused-ring (bicyclic) bond motifs is 3. The maximum atomic E-state index is 12.0. The summed E-state index contributed by atoms with van der Waals surface area (Å²) in [7, 11) is 0. The Kier molecular flexibility index (Phi) is 4.81. The van der Waals surface area contributed by atoms with Gasteiger partial charge in [0.2, 0.25) is 5.91 Å². The Balaban J connectivity index is 1.77. The minimum absolute atomic E-state index is 0.113. The van der Waals surface area contributed by atoms with Gasteiger partial charge in [0.1, 0.15) is 11.3 Å². The van der Waals surface area contributed by atoms with Gasteiger partial charge < -0.3 is 9.73 Å². The van der Waals surface area contributed by atoms with Gasteiger partial charge in [0.05, 0.1) is 0 Å². The first-order valence-corrected chi connectivity index (χ1v) is 8.62. The molecule has 0 unspecified atom stereocenters. The Morgan fingerprint density at radius 1 is 1.18 bits per heavy atom. The number of carbonyl (C=O) groups excluding carboxylic acids is 1. The van der Waals surface area contributed by atoms with Crippen molar-refractivity contribution >= 4 is 22.6 Å². The number of benzene rings is 1. The highest BCUT2D eigenvalue weighted by Crippen LogP contribution is 2.32. The van der Waals surface area contributed by atoms with E-state index in [1.54, 1.807) is 0 Å². The summed E-state index contributed by atoms with van der Waals surface area (Å²) in [5, 5.41) is 4.21. The molecule has 0 saturated carbocycles. The third-order valence-electron chi connectivity index (χ3n) is 4.50. The molecule has 1 aromatic carbocycles. The number of hydrogen-bond donors (Lipinski definition) is 1. The highest BCUT2D eigenvalue weighted by atomic mass is 16.3. The Hall–Kier alpha value is -1.77. The minimum atomic E-state index is 0.113. The lowest BCUT2D eigenvalue weighted by molar-refractivity contribution is -0.116. The lowest BCUT2D eigenvalue weighted by Crippen LogP contribution is -2.10. The molecule has 22 heavy (non-hydrogen) atoms. The summed E-state index contributed by atoms with van der Waals surface area (Å²) >= 11 is 0. The van der Waals surface area contributed by atoms with Crippen LogP contribution in [0.5, 0.6) is 0 Å². The number of unbranched alkanes of at least 4 members (excludes halogenated alkanes) is 2. The average Bonchev–Trinajstić information content (AvgIpc) is 2.69. The molecule has 3 heteroatoms. The number of nitrogens with one attached hydrogen (secondary N) is 1. The first-order chi connectivity index (χ1) is 10.8. The summed E-state index contributed by atoms with van der Waals surface area (Å²) in [5.41, 5.74) is 3.20. The molecule has 1 aliphatic rings. The Bertz CT molecular complexity index is 657. The zero-order valence-corrected chi connectivity index (χ0v) is 13.4. The molecule has 3 rings (SSSR count). The average molecular weight is 299 g/mol. The van der Waals surface area contributed by atoms with E-state index < -0.39 is 0 Å². The molecule has 0 spiro atoms. The van der Waals surface area contributed by atoms with Crippen molar-refractivity contribution in [3.63, 3.8) is 0 Å². The van der Waals surface area contributed by atoms with Crippen LogP contribution in [0.3, 0.4) is 0 Å². The number of amides is 1. The van der Waals surface area contributed by atoms with Crippen molar-refractivity contribution in [3.05, 3.63) is 29.5 Å². The van der Waals surface area contributed by atoms with Crippen LogP contribution in [0.1, 0.15) is 63.2 Å². The highest BCUT2D eigenvalue weighted by Gasteiger charge is 2.17. The SMILES string of the molecule is CCCCCC(=O)Nc1ccc2oc3c(c2c1)CCCCC3. The summed E-state index contributed by atoms with van der Waals surface area (Å²) in [6.45, 7) is 2.15. The van der Waals surface area contributed by atoms with Crippen LogP contribution < -0.4 is 5.32 Å². The van der Waals surface area contributed by atoms with Gasteiger partial charge in [-0.3, -0.25) is 4.79 Å². The predicted octanol–water partition coefficient (Wildman–Crippen LogP) is 5.22. The van der Waals surface area contributed by atoms with Gasteiger partial charge in [0.15, 0.2) is 0 Å². The molecule has 0 radical (unpaired) electrons. The van der Waals surface area contributed by atoms with Crippen molar-refractivity contribution in [1.82, 2.24) is 0 Å². The van der Waals surface area contributed by atoms with Crippen molar-refractivity contribution in [3.8, 4) is 0 Å². The summed E-state index contributed by atoms with van der Waals surface area (Å²) in [6.07, 6.45) is 9.69. The van der Waals surface area contributed by atoms with Gasteiger partial charge in [-0.25, -0.2) is 0 Å². The van der Waals surface area contributed by atoms with Gasteiger partial charge in [0, 0.05) is 29.5 Å². The van der Waals surface area contributed by atoms with Crippen LogP contribution in [0.25, 0.3) is 11.0 Å². The smallest absolute Gasteiger partial charge is 0.224 e. The van der Waals surface area contributed by atoms with Crippen LogP contribution in [0.2, 0.25) is 0 Å². The predicted molar refractivity (Wildman–Crippen MR) is 90.2 cm³/mol. The molecule has 1 amide bonds. The van der Waals surface area contributed by atoms with Crippen molar-refractivity contribution in [2.75, 3.05) is 5.32 Å². The van der Waals surface area contributed by atoms with Crippen LogP contribution in [-0.4, -0.2) is 5.91 Å². The van der Waals surface area contributed by atoms with E-state index >= 15 is 0 Å². The van der Waals surface area contributed by atoms with Crippen molar-refractivity contribution in [1.29, 1.82) is 0 Å². The Morgan fingerprint density at radius 2 is 2.05 bits per heavy atom. The zero-order chi connectivity index (χ0) is 15.4. The molecule has 3 nitrogen and oxygen atoms in total. The van der Waals surface area contributed by atoms with Gasteiger partial charge >= 0.3 is 0 Å². The number of aryl methyl sites for hydroxylation is 2. The van der Waals surface area contributed by atoms with Crippen LogP contribution in [0.15, 0.2) is 22.6 Å². The number of furan rings is 1. The molecule has 0 aliphatic heterocycles. The fourth-order valence-electron chi connectivity index (χ4n) is 3.28. The third-order valence-corrected chi connectivity index (χ3v) is 4.50. The molecule has 1 aromatic heterocycles. The van der Waals surface area contributed by atoms with Crippen molar-refractivity contribution in [2.45, 2.75) is 64.7 Å². The van der Waals surface area contributed by atoms with Gasteiger partial charge in [-0.1, -0.05) is 26.2 Å². The lowest BCUT2D eigenvalue weighted by atomic mass is 10.1. The molecule has 1 N–H and O–H groups in total. The van der Waals surface area contributed by atoms with Gasteiger partial charge in [0.25, 0.3) is 0 Å². The summed E-state index contributed by atoms with van der Waals surface area (Å²) < 4.78 is 6.00. The van der Waals surface area contributed by atoms with Gasteiger partial charge in [-0.05, 0) is 43.9 Å². The Morgan fingerprint density at radius 3 is 2.91 bits per heavy atom. The molecule has 2 aromatic rings. The fraction of sp³-hybridized carbons (Fsp3) is 0.526. The second-order valence-corrected chi connectivity index (χ2v) is 6.28. The topological polar surface area (TPSA) is 42.2 Å². The second-order valence-electron chi connectivity index (χ2n) is 6.28. The van der Waals surface area contributed by atoms with Crippen LogP contribution in [-0.2, 0) is 17.6 Å². The second kappa shape index (κ2) is 6.99. The largest absolute Gasteiger partial charge is 0.461 e. The highest BCUT2D eigenvalue weighted by molar-refractivity contribution is 5.94. The third kappa shape index (κ3) is 3.34. The molecule has 0 saturated heterocycles. The van der Waals surface area contributed by atoms with Crippen molar-refractivity contribution in [2.24, 2.45) is 0 Å². The first kappa shape index (κ1) is 15.1. The molecule has 0 bridgehead atoms.